The fourth-order valence-electron chi connectivity index (χ4n) is 2.13. The highest BCUT2D eigenvalue weighted by molar-refractivity contribution is 5.96. The van der Waals surface area contributed by atoms with E-state index in [1.807, 2.05) is 7.05 Å². The van der Waals surface area contributed by atoms with E-state index in [9.17, 15) is 4.79 Å². The second kappa shape index (κ2) is 3.12. The summed E-state index contributed by atoms with van der Waals surface area (Å²) in [6, 6.07) is 4.28. The molecule has 0 aliphatic carbocycles. The minimum absolute atomic E-state index is 0.225. The molecular formula is C12H15NO. The summed E-state index contributed by atoms with van der Waals surface area (Å²) >= 11 is 0. The molecule has 1 aromatic carbocycles. The fraction of sp³-hybridized carbons (Fsp3) is 0.417. The van der Waals surface area contributed by atoms with Crippen molar-refractivity contribution >= 4 is 11.6 Å². The average Bonchev–Trinajstić information content (AvgIpc) is 2.12. The zero-order valence-corrected chi connectivity index (χ0v) is 8.92. The number of aryl methyl sites for hydroxylation is 2. The van der Waals surface area contributed by atoms with Crippen LogP contribution in [-0.2, 0) is 11.2 Å². The summed E-state index contributed by atoms with van der Waals surface area (Å²) in [7, 11) is 1.86. The van der Waals surface area contributed by atoms with Crippen molar-refractivity contribution in [2.75, 3.05) is 11.9 Å². The van der Waals surface area contributed by atoms with Crippen LogP contribution in [-0.4, -0.2) is 13.0 Å². The van der Waals surface area contributed by atoms with E-state index in [1.165, 1.54) is 16.7 Å². The lowest BCUT2D eigenvalue weighted by Gasteiger charge is -2.27. The largest absolute Gasteiger partial charge is 0.315 e. The van der Waals surface area contributed by atoms with Crippen LogP contribution in [0.15, 0.2) is 12.1 Å². The van der Waals surface area contributed by atoms with E-state index in [1.54, 1.807) is 4.90 Å². The number of rotatable bonds is 0. The molecule has 1 aliphatic heterocycles. The van der Waals surface area contributed by atoms with Gasteiger partial charge in [-0.2, -0.15) is 0 Å². The van der Waals surface area contributed by atoms with Crippen LogP contribution in [0.5, 0.6) is 0 Å². The highest BCUT2D eigenvalue weighted by atomic mass is 16.2. The van der Waals surface area contributed by atoms with Gasteiger partial charge in [0.15, 0.2) is 0 Å². The van der Waals surface area contributed by atoms with Crippen molar-refractivity contribution in [1.29, 1.82) is 0 Å². The Labute approximate surface area is 84.5 Å². The summed E-state index contributed by atoms with van der Waals surface area (Å²) in [5, 5.41) is 0. The molecule has 14 heavy (non-hydrogen) atoms. The Hall–Kier alpha value is -1.31. The lowest BCUT2D eigenvalue weighted by Crippen LogP contribution is -2.31. The summed E-state index contributed by atoms with van der Waals surface area (Å²) in [5.41, 5.74) is 4.96. The predicted octanol–water partition coefficient (Wildman–Crippen LogP) is 2.21. The Morgan fingerprint density at radius 3 is 2.64 bits per heavy atom. The number of fused-ring (bicyclic) bond motifs is 1. The molecule has 0 N–H and O–H groups in total. The van der Waals surface area contributed by atoms with E-state index in [4.69, 9.17) is 0 Å². The summed E-state index contributed by atoms with van der Waals surface area (Å²) in [6.45, 7) is 4.19. The van der Waals surface area contributed by atoms with E-state index in [-0.39, 0.29) is 5.91 Å². The molecule has 0 unspecified atom stereocenters. The van der Waals surface area contributed by atoms with Gasteiger partial charge in [-0.3, -0.25) is 4.79 Å². The summed E-state index contributed by atoms with van der Waals surface area (Å²) in [6.07, 6.45) is 1.54. The van der Waals surface area contributed by atoms with Crippen molar-refractivity contribution in [2.24, 2.45) is 0 Å². The number of amides is 1. The number of benzene rings is 1. The third-order valence-corrected chi connectivity index (χ3v) is 2.92. The first-order valence-electron chi connectivity index (χ1n) is 4.96. The van der Waals surface area contributed by atoms with Gasteiger partial charge in [0.2, 0.25) is 5.91 Å². The Morgan fingerprint density at radius 1 is 1.21 bits per heavy atom. The quantitative estimate of drug-likeness (QED) is 0.612. The minimum atomic E-state index is 0.225. The van der Waals surface area contributed by atoms with Crippen LogP contribution in [0.2, 0.25) is 0 Å². The number of nitrogens with zero attached hydrogens (tertiary/aromatic N) is 1. The SMILES string of the molecule is Cc1cc(C)c2c(c1)N(C)C(=O)CC2. The monoisotopic (exact) mass is 189 g/mol. The lowest BCUT2D eigenvalue weighted by molar-refractivity contribution is -0.118. The zero-order chi connectivity index (χ0) is 10.3. The number of carbonyl (C=O) groups excluding carboxylic acids is 1. The molecule has 1 aromatic rings. The van der Waals surface area contributed by atoms with Crippen LogP contribution in [0.3, 0.4) is 0 Å². The van der Waals surface area contributed by atoms with Gasteiger partial charge in [-0.1, -0.05) is 6.07 Å². The average molecular weight is 189 g/mol. The van der Waals surface area contributed by atoms with Gasteiger partial charge < -0.3 is 4.90 Å². The van der Waals surface area contributed by atoms with Gasteiger partial charge in [0.25, 0.3) is 0 Å². The lowest BCUT2D eigenvalue weighted by atomic mass is 9.95. The van der Waals surface area contributed by atoms with E-state index in [2.05, 4.69) is 26.0 Å². The van der Waals surface area contributed by atoms with E-state index >= 15 is 0 Å². The second-order valence-corrected chi connectivity index (χ2v) is 4.03. The summed E-state index contributed by atoms with van der Waals surface area (Å²) in [5.74, 6) is 0.225. The van der Waals surface area contributed by atoms with Crippen LogP contribution in [0.4, 0.5) is 5.69 Å². The van der Waals surface area contributed by atoms with Crippen molar-refractivity contribution in [1.82, 2.24) is 0 Å². The maximum Gasteiger partial charge on any atom is 0.227 e. The normalized spacial score (nSPS) is 15.6. The van der Waals surface area contributed by atoms with Gasteiger partial charge in [0.05, 0.1) is 0 Å². The molecule has 0 bridgehead atoms. The van der Waals surface area contributed by atoms with Crippen LogP contribution < -0.4 is 4.90 Å². The molecule has 0 radical (unpaired) electrons. The Balaban J connectivity index is 2.59. The fourth-order valence-corrected chi connectivity index (χ4v) is 2.13. The molecule has 0 aromatic heterocycles. The van der Waals surface area contributed by atoms with Crippen molar-refractivity contribution in [3.63, 3.8) is 0 Å². The Bertz CT molecular complexity index is 396. The third-order valence-electron chi connectivity index (χ3n) is 2.92. The summed E-state index contributed by atoms with van der Waals surface area (Å²) in [4.78, 5) is 13.3. The van der Waals surface area contributed by atoms with Gasteiger partial charge >= 0.3 is 0 Å². The second-order valence-electron chi connectivity index (χ2n) is 4.03. The Morgan fingerprint density at radius 2 is 1.93 bits per heavy atom. The van der Waals surface area contributed by atoms with E-state index in [0.29, 0.717) is 6.42 Å². The third kappa shape index (κ3) is 1.31. The van der Waals surface area contributed by atoms with Gasteiger partial charge in [-0.05, 0) is 43.0 Å². The molecule has 1 aliphatic rings. The zero-order valence-electron chi connectivity index (χ0n) is 8.92. The maximum absolute atomic E-state index is 11.5. The van der Waals surface area contributed by atoms with Crippen LogP contribution in [0, 0.1) is 13.8 Å². The molecule has 2 rings (SSSR count). The van der Waals surface area contributed by atoms with Crippen molar-refractivity contribution in [3.05, 3.63) is 28.8 Å². The molecule has 1 amide bonds. The molecule has 0 spiro atoms. The molecule has 0 fully saturated rings. The topological polar surface area (TPSA) is 20.3 Å². The number of carbonyl (C=O) groups is 1. The molecule has 74 valence electrons. The van der Waals surface area contributed by atoms with Crippen molar-refractivity contribution < 1.29 is 4.79 Å². The smallest absolute Gasteiger partial charge is 0.227 e. The first-order chi connectivity index (χ1) is 6.59. The first-order valence-corrected chi connectivity index (χ1v) is 4.96. The molecular weight excluding hydrogens is 174 g/mol. The molecule has 1 heterocycles. The predicted molar refractivity (Wildman–Crippen MR) is 57.6 cm³/mol. The minimum Gasteiger partial charge on any atom is -0.315 e. The van der Waals surface area contributed by atoms with Gasteiger partial charge in [-0.15, -0.1) is 0 Å². The first kappa shape index (κ1) is 9.25. The van der Waals surface area contributed by atoms with E-state index < -0.39 is 0 Å². The number of anilines is 1. The number of hydrogen-bond donors (Lipinski definition) is 0. The van der Waals surface area contributed by atoms with Gasteiger partial charge in [0.1, 0.15) is 0 Å². The number of hydrogen-bond acceptors (Lipinski definition) is 1. The molecule has 2 nitrogen and oxygen atoms in total. The molecule has 0 saturated heterocycles. The van der Waals surface area contributed by atoms with Crippen LogP contribution in [0.1, 0.15) is 23.1 Å². The molecule has 0 saturated carbocycles. The molecule has 0 atom stereocenters. The molecule has 2 heteroatoms. The summed E-state index contributed by atoms with van der Waals surface area (Å²) < 4.78 is 0. The Kier molecular flexibility index (Phi) is 2.06. The maximum atomic E-state index is 11.5. The highest BCUT2D eigenvalue weighted by Gasteiger charge is 2.21. The van der Waals surface area contributed by atoms with Crippen molar-refractivity contribution in [3.8, 4) is 0 Å². The van der Waals surface area contributed by atoms with Gasteiger partial charge in [0, 0.05) is 19.2 Å². The standard InChI is InChI=1S/C12H15NO/c1-8-6-9(2)10-4-5-12(14)13(3)11(10)7-8/h6-7H,4-5H2,1-3H3. The van der Waals surface area contributed by atoms with Crippen LogP contribution in [0.25, 0.3) is 0 Å². The van der Waals surface area contributed by atoms with Gasteiger partial charge in [-0.25, -0.2) is 0 Å². The van der Waals surface area contributed by atoms with Crippen molar-refractivity contribution in [2.45, 2.75) is 26.7 Å². The van der Waals surface area contributed by atoms with E-state index in [0.717, 1.165) is 12.1 Å². The highest BCUT2D eigenvalue weighted by Crippen LogP contribution is 2.30. The van der Waals surface area contributed by atoms with Crippen LogP contribution >= 0.6 is 0 Å².